The van der Waals surface area contributed by atoms with Crippen LogP contribution in [0, 0.1) is 5.82 Å². The Hall–Kier alpha value is -1.31. The van der Waals surface area contributed by atoms with E-state index in [9.17, 15) is 30.7 Å². The molecule has 0 aromatic heterocycles. The van der Waals surface area contributed by atoms with Crippen LogP contribution in [0.15, 0.2) is 18.2 Å². The number of nitrogens with two attached hydrogens (primary N) is 1. The van der Waals surface area contributed by atoms with Crippen LogP contribution < -0.4 is 5.73 Å². The van der Waals surface area contributed by atoms with Crippen molar-refractivity contribution in [1.82, 2.24) is 0 Å². The topological polar surface area (TPSA) is 26.0 Å². The molecule has 0 aliphatic rings. The van der Waals surface area contributed by atoms with Crippen molar-refractivity contribution in [3.8, 4) is 0 Å². The lowest BCUT2D eigenvalue weighted by atomic mass is 10.0. The molecule has 0 bridgehead atoms. The number of hydrogen-bond acceptors (Lipinski definition) is 1. The van der Waals surface area contributed by atoms with Crippen LogP contribution in [0.4, 0.5) is 30.7 Å². The Morgan fingerprint density at radius 3 is 2.06 bits per heavy atom. The summed E-state index contributed by atoms with van der Waals surface area (Å²) in [5, 5.41) is 0. The Labute approximate surface area is 97.4 Å². The molecule has 0 saturated heterocycles. The average molecular weight is 275 g/mol. The van der Waals surface area contributed by atoms with Gasteiger partial charge >= 0.3 is 12.4 Å². The lowest BCUT2D eigenvalue weighted by Gasteiger charge is -2.17. The highest BCUT2D eigenvalue weighted by Gasteiger charge is 2.37. The van der Waals surface area contributed by atoms with Crippen LogP contribution in [0.2, 0.25) is 0 Å². The molecular formula is C10H8F7N. The number of rotatable bonds is 2. The first-order valence-electron chi connectivity index (χ1n) is 4.70. The zero-order valence-electron chi connectivity index (χ0n) is 8.74. The second-order valence-electron chi connectivity index (χ2n) is 3.63. The first-order chi connectivity index (χ1) is 8.02. The third kappa shape index (κ3) is 3.59. The third-order valence-corrected chi connectivity index (χ3v) is 2.18. The molecule has 1 aromatic rings. The smallest absolute Gasteiger partial charge is 0.324 e. The van der Waals surface area contributed by atoms with Gasteiger partial charge in [0.1, 0.15) is 5.82 Å². The molecule has 102 valence electrons. The van der Waals surface area contributed by atoms with Gasteiger partial charge in [0.25, 0.3) is 0 Å². The molecule has 1 atom stereocenters. The lowest BCUT2D eigenvalue weighted by molar-refractivity contribution is -0.140. The highest BCUT2D eigenvalue weighted by atomic mass is 19.4. The van der Waals surface area contributed by atoms with E-state index in [-0.39, 0.29) is 0 Å². The highest BCUT2D eigenvalue weighted by molar-refractivity contribution is 5.30. The minimum Gasteiger partial charge on any atom is -0.324 e. The molecule has 0 fully saturated rings. The minimum atomic E-state index is -4.97. The molecule has 0 spiro atoms. The summed E-state index contributed by atoms with van der Waals surface area (Å²) in [6, 6.07) is 0.199. The van der Waals surface area contributed by atoms with Gasteiger partial charge in [0.15, 0.2) is 0 Å². The fraction of sp³-hybridized carbons (Fsp3) is 0.400. The van der Waals surface area contributed by atoms with Crippen molar-refractivity contribution in [2.24, 2.45) is 5.73 Å². The quantitative estimate of drug-likeness (QED) is 0.816. The normalized spacial score (nSPS) is 14.7. The monoisotopic (exact) mass is 275 g/mol. The second kappa shape index (κ2) is 4.75. The SMILES string of the molecule is N[C@@H](CC(F)(F)F)c1cccc(C(F)(F)F)c1F. The molecule has 2 N–H and O–H groups in total. The predicted molar refractivity (Wildman–Crippen MR) is 49.0 cm³/mol. The van der Waals surface area contributed by atoms with Crippen molar-refractivity contribution >= 4 is 0 Å². The molecule has 1 aromatic carbocycles. The summed E-state index contributed by atoms with van der Waals surface area (Å²) in [6.45, 7) is 0. The van der Waals surface area contributed by atoms with Crippen molar-refractivity contribution < 1.29 is 30.7 Å². The van der Waals surface area contributed by atoms with E-state index in [0.29, 0.717) is 6.07 Å². The molecule has 0 aliphatic carbocycles. The summed E-state index contributed by atoms with van der Waals surface area (Å²) < 4.78 is 86.5. The largest absolute Gasteiger partial charge is 0.419 e. The maximum Gasteiger partial charge on any atom is 0.419 e. The van der Waals surface area contributed by atoms with Crippen LogP contribution in [0.25, 0.3) is 0 Å². The van der Waals surface area contributed by atoms with Gasteiger partial charge in [0.2, 0.25) is 0 Å². The molecule has 0 heterocycles. The van der Waals surface area contributed by atoms with Crippen LogP contribution in [0.3, 0.4) is 0 Å². The molecule has 18 heavy (non-hydrogen) atoms. The number of alkyl halides is 6. The standard InChI is InChI=1S/C10H8F7N/c11-8-5(7(18)4-9(12,13)14)2-1-3-6(8)10(15,16)17/h1-3,7H,4,18H2/t7-/m0/s1. The molecular weight excluding hydrogens is 267 g/mol. The summed E-state index contributed by atoms with van der Waals surface area (Å²) in [7, 11) is 0. The molecule has 0 aliphatic heterocycles. The highest BCUT2D eigenvalue weighted by Crippen LogP contribution is 2.35. The van der Waals surface area contributed by atoms with Gasteiger partial charge in [-0.05, 0) is 6.07 Å². The van der Waals surface area contributed by atoms with Gasteiger partial charge in [-0.1, -0.05) is 12.1 Å². The summed E-state index contributed by atoms with van der Waals surface area (Å²) >= 11 is 0. The number of hydrogen-bond donors (Lipinski definition) is 1. The average Bonchev–Trinajstić information content (AvgIpc) is 2.12. The second-order valence-corrected chi connectivity index (χ2v) is 3.63. The molecule has 0 radical (unpaired) electrons. The molecule has 0 unspecified atom stereocenters. The number of halogens is 7. The molecule has 8 heteroatoms. The van der Waals surface area contributed by atoms with Gasteiger partial charge in [-0.25, -0.2) is 4.39 Å². The van der Waals surface area contributed by atoms with Crippen LogP contribution in [-0.4, -0.2) is 6.18 Å². The van der Waals surface area contributed by atoms with Crippen molar-refractivity contribution in [2.45, 2.75) is 24.8 Å². The van der Waals surface area contributed by atoms with E-state index in [0.717, 1.165) is 12.1 Å². The predicted octanol–water partition coefficient (Wildman–Crippen LogP) is 3.80. The molecule has 0 saturated carbocycles. The van der Waals surface area contributed by atoms with Gasteiger partial charge in [-0.3, -0.25) is 0 Å². The maximum absolute atomic E-state index is 13.4. The zero-order valence-corrected chi connectivity index (χ0v) is 8.74. The summed E-state index contributed by atoms with van der Waals surface area (Å²) in [5.41, 5.74) is 2.64. The fourth-order valence-electron chi connectivity index (χ4n) is 1.41. The molecule has 0 amide bonds. The summed E-state index contributed by atoms with van der Waals surface area (Å²) in [4.78, 5) is 0. The van der Waals surface area contributed by atoms with Crippen LogP contribution in [0.1, 0.15) is 23.6 Å². The number of benzene rings is 1. The van der Waals surface area contributed by atoms with Crippen LogP contribution in [0.5, 0.6) is 0 Å². The van der Waals surface area contributed by atoms with E-state index in [2.05, 4.69) is 0 Å². The van der Waals surface area contributed by atoms with Crippen molar-refractivity contribution in [2.75, 3.05) is 0 Å². The zero-order chi connectivity index (χ0) is 14.1. The van der Waals surface area contributed by atoms with Crippen LogP contribution >= 0.6 is 0 Å². The third-order valence-electron chi connectivity index (χ3n) is 2.18. The molecule has 1 nitrogen and oxygen atoms in total. The first-order valence-corrected chi connectivity index (χ1v) is 4.70. The van der Waals surface area contributed by atoms with Gasteiger partial charge in [-0.2, -0.15) is 26.3 Å². The maximum atomic E-state index is 13.4. The fourth-order valence-corrected chi connectivity index (χ4v) is 1.41. The minimum absolute atomic E-state index is 0.444. The Morgan fingerprint density at radius 1 is 1.06 bits per heavy atom. The van der Waals surface area contributed by atoms with E-state index in [1.54, 1.807) is 0 Å². The van der Waals surface area contributed by atoms with Crippen LogP contribution in [-0.2, 0) is 6.18 Å². The first kappa shape index (κ1) is 14.7. The van der Waals surface area contributed by atoms with Crippen molar-refractivity contribution in [3.63, 3.8) is 0 Å². The Morgan fingerprint density at radius 2 is 1.61 bits per heavy atom. The van der Waals surface area contributed by atoms with E-state index in [4.69, 9.17) is 5.73 Å². The lowest BCUT2D eigenvalue weighted by Crippen LogP contribution is -2.22. The van der Waals surface area contributed by atoms with E-state index in [1.807, 2.05) is 0 Å². The summed E-state index contributed by atoms with van der Waals surface area (Å²) in [5.74, 6) is -1.76. The van der Waals surface area contributed by atoms with E-state index in [1.165, 1.54) is 0 Å². The van der Waals surface area contributed by atoms with Gasteiger partial charge in [0, 0.05) is 11.6 Å². The van der Waals surface area contributed by atoms with Gasteiger partial charge < -0.3 is 5.73 Å². The van der Waals surface area contributed by atoms with Gasteiger partial charge in [-0.15, -0.1) is 0 Å². The van der Waals surface area contributed by atoms with Crippen molar-refractivity contribution in [3.05, 3.63) is 35.1 Å². The van der Waals surface area contributed by atoms with E-state index >= 15 is 0 Å². The summed E-state index contributed by atoms with van der Waals surface area (Å²) in [6.07, 6.45) is -11.2. The Balaban J connectivity index is 3.12. The Kier molecular flexibility index (Phi) is 3.89. The molecule has 1 rings (SSSR count). The van der Waals surface area contributed by atoms with Gasteiger partial charge in [0.05, 0.1) is 12.0 Å². The van der Waals surface area contributed by atoms with E-state index < -0.39 is 41.8 Å². The Bertz CT molecular complexity index is 421. The van der Waals surface area contributed by atoms with Crippen molar-refractivity contribution in [1.29, 1.82) is 0 Å².